The van der Waals surface area contributed by atoms with Gasteiger partial charge in [0.2, 0.25) is 5.88 Å². The zero-order valence-electron chi connectivity index (χ0n) is 16.7. The van der Waals surface area contributed by atoms with Gasteiger partial charge in [-0.3, -0.25) is 4.79 Å². The number of aromatic nitrogens is 1. The summed E-state index contributed by atoms with van der Waals surface area (Å²) in [6, 6.07) is 17.7. The molecule has 0 bridgehead atoms. The van der Waals surface area contributed by atoms with E-state index in [1.165, 1.54) is 0 Å². The summed E-state index contributed by atoms with van der Waals surface area (Å²) in [7, 11) is 1.59. The maximum Gasteiger partial charge on any atom is 0.221 e. The number of rotatable bonds is 6. The SMILES string of the molecule is COc1c(C=O)cc(-c2cccnc2OCc2ccccc2)cc1C(C)(C)C. The zero-order chi connectivity index (χ0) is 20.1. The first kappa shape index (κ1) is 19.6. The predicted octanol–water partition coefficient (Wildman–Crippen LogP) is 5.45. The van der Waals surface area contributed by atoms with Gasteiger partial charge < -0.3 is 9.47 Å². The molecule has 144 valence electrons. The fourth-order valence-electron chi connectivity index (χ4n) is 3.13. The first-order valence-corrected chi connectivity index (χ1v) is 9.24. The summed E-state index contributed by atoms with van der Waals surface area (Å²) >= 11 is 0. The van der Waals surface area contributed by atoms with Crippen molar-refractivity contribution < 1.29 is 14.3 Å². The van der Waals surface area contributed by atoms with Crippen molar-refractivity contribution in [2.45, 2.75) is 32.8 Å². The second kappa shape index (κ2) is 8.26. The van der Waals surface area contributed by atoms with Gasteiger partial charge >= 0.3 is 0 Å². The second-order valence-electron chi connectivity index (χ2n) is 7.64. The lowest BCUT2D eigenvalue weighted by molar-refractivity contribution is 0.112. The Morgan fingerprint density at radius 3 is 2.43 bits per heavy atom. The minimum atomic E-state index is -0.188. The highest BCUT2D eigenvalue weighted by Crippen LogP contribution is 2.39. The Kier molecular flexibility index (Phi) is 5.78. The van der Waals surface area contributed by atoms with Gasteiger partial charge in [0.05, 0.1) is 12.7 Å². The third-order valence-corrected chi connectivity index (χ3v) is 4.56. The number of hydrogen-bond donors (Lipinski definition) is 0. The predicted molar refractivity (Wildman–Crippen MR) is 111 cm³/mol. The van der Waals surface area contributed by atoms with E-state index in [4.69, 9.17) is 9.47 Å². The maximum atomic E-state index is 11.7. The molecule has 0 N–H and O–H groups in total. The molecule has 3 rings (SSSR count). The molecule has 2 aromatic carbocycles. The molecule has 0 spiro atoms. The zero-order valence-corrected chi connectivity index (χ0v) is 16.7. The number of ether oxygens (including phenoxy) is 2. The van der Waals surface area contributed by atoms with Crippen LogP contribution in [-0.2, 0) is 12.0 Å². The molecule has 1 aromatic heterocycles. The van der Waals surface area contributed by atoms with Crippen LogP contribution in [0.25, 0.3) is 11.1 Å². The maximum absolute atomic E-state index is 11.7. The van der Waals surface area contributed by atoms with Crippen LogP contribution >= 0.6 is 0 Å². The van der Waals surface area contributed by atoms with Gasteiger partial charge in [0.1, 0.15) is 12.4 Å². The fourth-order valence-corrected chi connectivity index (χ4v) is 3.13. The lowest BCUT2D eigenvalue weighted by Gasteiger charge is -2.24. The number of aldehydes is 1. The Hall–Kier alpha value is -3.14. The summed E-state index contributed by atoms with van der Waals surface area (Å²) in [4.78, 5) is 16.1. The van der Waals surface area contributed by atoms with Crippen molar-refractivity contribution in [2.24, 2.45) is 0 Å². The third kappa shape index (κ3) is 4.22. The Labute approximate surface area is 166 Å². The molecule has 0 saturated heterocycles. The van der Waals surface area contributed by atoms with Crippen LogP contribution in [0.3, 0.4) is 0 Å². The van der Waals surface area contributed by atoms with Crippen molar-refractivity contribution in [1.82, 2.24) is 4.98 Å². The standard InChI is InChI=1S/C24H25NO3/c1-24(2,3)21-14-18(13-19(15-26)22(21)27-4)20-11-8-12-25-23(20)28-16-17-9-6-5-7-10-17/h5-15H,16H2,1-4H3. The molecule has 3 aromatic rings. The molecule has 0 aliphatic carbocycles. The number of methoxy groups -OCH3 is 1. The topological polar surface area (TPSA) is 48.4 Å². The van der Waals surface area contributed by atoms with Gasteiger partial charge in [-0.1, -0.05) is 51.1 Å². The number of nitrogens with zero attached hydrogens (tertiary/aromatic N) is 1. The third-order valence-electron chi connectivity index (χ3n) is 4.56. The Morgan fingerprint density at radius 1 is 1.04 bits per heavy atom. The summed E-state index contributed by atoms with van der Waals surface area (Å²) in [5, 5.41) is 0. The summed E-state index contributed by atoms with van der Waals surface area (Å²) in [6.07, 6.45) is 2.54. The highest BCUT2D eigenvalue weighted by Gasteiger charge is 2.23. The largest absolute Gasteiger partial charge is 0.496 e. The molecule has 0 fully saturated rings. The van der Waals surface area contributed by atoms with Gasteiger partial charge in [-0.05, 0) is 40.8 Å². The van der Waals surface area contributed by atoms with Crippen LogP contribution in [0.2, 0.25) is 0 Å². The van der Waals surface area contributed by atoms with Crippen molar-refractivity contribution >= 4 is 6.29 Å². The van der Waals surface area contributed by atoms with E-state index in [1.54, 1.807) is 13.3 Å². The average molecular weight is 375 g/mol. The molecule has 0 amide bonds. The van der Waals surface area contributed by atoms with Crippen molar-refractivity contribution in [3.05, 3.63) is 77.5 Å². The second-order valence-corrected chi connectivity index (χ2v) is 7.64. The van der Waals surface area contributed by atoms with Crippen molar-refractivity contribution in [2.75, 3.05) is 7.11 Å². The van der Waals surface area contributed by atoms with Gasteiger partial charge in [0.25, 0.3) is 0 Å². The number of benzene rings is 2. The van der Waals surface area contributed by atoms with Crippen LogP contribution < -0.4 is 9.47 Å². The van der Waals surface area contributed by atoms with Gasteiger partial charge in [-0.15, -0.1) is 0 Å². The smallest absolute Gasteiger partial charge is 0.221 e. The minimum absolute atomic E-state index is 0.188. The lowest BCUT2D eigenvalue weighted by atomic mass is 9.83. The molecule has 0 saturated carbocycles. The summed E-state index contributed by atoms with van der Waals surface area (Å²) in [5.41, 5.74) is 4.08. The fraction of sp³-hybridized carbons (Fsp3) is 0.250. The monoisotopic (exact) mass is 375 g/mol. The number of hydrogen-bond acceptors (Lipinski definition) is 4. The van der Waals surface area contributed by atoms with Gasteiger partial charge in [-0.25, -0.2) is 4.98 Å². The van der Waals surface area contributed by atoms with Crippen LogP contribution in [0.1, 0.15) is 42.3 Å². The van der Waals surface area contributed by atoms with Crippen LogP contribution in [0.5, 0.6) is 11.6 Å². The lowest BCUT2D eigenvalue weighted by Crippen LogP contribution is -2.14. The molecule has 4 heteroatoms. The van der Waals surface area contributed by atoms with E-state index in [2.05, 4.69) is 31.8 Å². The van der Waals surface area contributed by atoms with Crippen molar-refractivity contribution in [3.63, 3.8) is 0 Å². The minimum Gasteiger partial charge on any atom is -0.496 e. The number of carbonyl (C=O) groups excluding carboxylic acids is 1. The molecule has 0 unspecified atom stereocenters. The van der Waals surface area contributed by atoms with Crippen molar-refractivity contribution in [1.29, 1.82) is 0 Å². The number of carbonyl (C=O) groups is 1. The normalized spacial score (nSPS) is 11.1. The Balaban J connectivity index is 2.05. The van der Waals surface area contributed by atoms with E-state index in [0.29, 0.717) is 23.8 Å². The first-order chi connectivity index (χ1) is 13.4. The van der Waals surface area contributed by atoms with E-state index in [-0.39, 0.29) is 5.41 Å². The number of pyridine rings is 1. The van der Waals surface area contributed by atoms with Crippen LogP contribution in [0.15, 0.2) is 60.8 Å². The Bertz CT molecular complexity index is 959. The summed E-state index contributed by atoms with van der Waals surface area (Å²) in [5.74, 6) is 1.15. The first-order valence-electron chi connectivity index (χ1n) is 9.24. The van der Waals surface area contributed by atoms with Crippen LogP contribution in [0.4, 0.5) is 0 Å². The van der Waals surface area contributed by atoms with E-state index in [0.717, 1.165) is 28.5 Å². The molecule has 1 heterocycles. The summed E-state index contributed by atoms with van der Waals surface area (Å²) < 4.78 is 11.5. The van der Waals surface area contributed by atoms with Crippen LogP contribution in [-0.4, -0.2) is 18.4 Å². The van der Waals surface area contributed by atoms with E-state index < -0.39 is 0 Å². The van der Waals surface area contributed by atoms with Gasteiger partial charge in [0.15, 0.2) is 6.29 Å². The highest BCUT2D eigenvalue weighted by molar-refractivity contribution is 5.85. The molecule has 0 radical (unpaired) electrons. The highest BCUT2D eigenvalue weighted by atomic mass is 16.5. The van der Waals surface area contributed by atoms with Crippen molar-refractivity contribution in [3.8, 4) is 22.8 Å². The summed E-state index contributed by atoms with van der Waals surface area (Å²) in [6.45, 7) is 6.71. The molecule has 0 atom stereocenters. The van der Waals surface area contributed by atoms with E-state index in [9.17, 15) is 4.79 Å². The molecular weight excluding hydrogens is 350 g/mol. The quantitative estimate of drug-likeness (QED) is 0.538. The average Bonchev–Trinajstić information content (AvgIpc) is 2.71. The van der Waals surface area contributed by atoms with E-state index in [1.807, 2.05) is 48.5 Å². The molecule has 0 aliphatic heterocycles. The molecule has 0 aliphatic rings. The van der Waals surface area contributed by atoms with Gasteiger partial charge in [-0.2, -0.15) is 0 Å². The van der Waals surface area contributed by atoms with Crippen LogP contribution in [0, 0.1) is 0 Å². The Morgan fingerprint density at radius 2 is 1.79 bits per heavy atom. The molecule has 28 heavy (non-hydrogen) atoms. The van der Waals surface area contributed by atoms with Gasteiger partial charge in [0, 0.05) is 17.3 Å². The molecule has 4 nitrogen and oxygen atoms in total. The van der Waals surface area contributed by atoms with E-state index >= 15 is 0 Å². The molecular formula is C24H25NO3.